The predicted octanol–water partition coefficient (Wildman–Crippen LogP) is 3.57. The van der Waals surface area contributed by atoms with Crippen LogP contribution in [-0.2, 0) is 5.88 Å². The summed E-state index contributed by atoms with van der Waals surface area (Å²) in [4.78, 5) is 5.22. The molecule has 0 spiro atoms. The molecular formula is C13H14ClNO3S. The fourth-order valence-corrected chi connectivity index (χ4v) is 2.74. The second kappa shape index (κ2) is 6.12. The van der Waals surface area contributed by atoms with E-state index in [9.17, 15) is 0 Å². The summed E-state index contributed by atoms with van der Waals surface area (Å²) < 4.78 is 16.0. The van der Waals surface area contributed by atoms with Gasteiger partial charge in [-0.1, -0.05) is 0 Å². The Morgan fingerprint density at radius 3 is 2.21 bits per heavy atom. The van der Waals surface area contributed by atoms with E-state index in [1.807, 2.05) is 6.07 Å². The van der Waals surface area contributed by atoms with E-state index in [0.29, 0.717) is 23.1 Å². The molecular weight excluding hydrogens is 286 g/mol. The van der Waals surface area contributed by atoms with Crippen LogP contribution in [0.1, 0.15) is 5.01 Å². The van der Waals surface area contributed by atoms with Crippen LogP contribution in [0.3, 0.4) is 0 Å². The monoisotopic (exact) mass is 299 g/mol. The number of nitrogens with zero attached hydrogens (tertiary/aromatic N) is 1. The van der Waals surface area contributed by atoms with E-state index in [0.717, 1.165) is 15.4 Å². The fourth-order valence-electron chi connectivity index (χ4n) is 1.72. The molecule has 6 heteroatoms. The first kappa shape index (κ1) is 14.0. The molecule has 0 fully saturated rings. The molecule has 0 N–H and O–H groups in total. The van der Waals surface area contributed by atoms with Crippen molar-refractivity contribution < 1.29 is 14.2 Å². The van der Waals surface area contributed by atoms with Crippen LogP contribution in [0.25, 0.3) is 10.4 Å². The van der Waals surface area contributed by atoms with Crippen LogP contribution in [0.15, 0.2) is 18.3 Å². The average molecular weight is 300 g/mol. The maximum Gasteiger partial charge on any atom is 0.164 e. The van der Waals surface area contributed by atoms with Crippen molar-refractivity contribution in [3.05, 3.63) is 23.3 Å². The third-order valence-electron chi connectivity index (χ3n) is 2.64. The van der Waals surface area contributed by atoms with Gasteiger partial charge in [0, 0.05) is 17.8 Å². The standard InChI is InChI=1S/C13H14ClNO3S/c1-16-9-5-11(18-3)10(17-2)4-8(9)12-7-15-13(6-14)19-12/h4-5,7H,6H2,1-3H3. The Hall–Kier alpha value is -1.46. The number of hydrogen-bond donors (Lipinski definition) is 0. The minimum atomic E-state index is 0.403. The van der Waals surface area contributed by atoms with Crippen molar-refractivity contribution in [2.45, 2.75) is 5.88 Å². The molecule has 2 aromatic rings. The third kappa shape index (κ3) is 2.77. The van der Waals surface area contributed by atoms with Crippen LogP contribution in [0.5, 0.6) is 17.2 Å². The molecule has 0 radical (unpaired) electrons. The summed E-state index contributed by atoms with van der Waals surface area (Å²) in [7, 11) is 4.81. The number of hydrogen-bond acceptors (Lipinski definition) is 5. The highest BCUT2D eigenvalue weighted by Gasteiger charge is 2.15. The van der Waals surface area contributed by atoms with Crippen LogP contribution in [-0.4, -0.2) is 26.3 Å². The van der Waals surface area contributed by atoms with Crippen LogP contribution in [0.4, 0.5) is 0 Å². The normalized spacial score (nSPS) is 10.3. The van der Waals surface area contributed by atoms with Crippen LogP contribution in [0.2, 0.25) is 0 Å². The lowest BCUT2D eigenvalue weighted by Gasteiger charge is -2.12. The molecule has 2 rings (SSSR count). The lowest BCUT2D eigenvalue weighted by molar-refractivity contribution is 0.349. The van der Waals surface area contributed by atoms with Gasteiger partial charge in [-0.15, -0.1) is 22.9 Å². The molecule has 0 aliphatic carbocycles. The zero-order chi connectivity index (χ0) is 13.8. The minimum Gasteiger partial charge on any atom is -0.496 e. The highest BCUT2D eigenvalue weighted by Crippen LogP contribution is 2.41. The Morgan fingerprint density at radius 2 is 1.68 bits per heavy atom. The van der Waals surface area contributed by atoms with Crippen molar-refractivity contribution in [1.82, 2.24) is 4.98 Å². The van der Waals surface area contributed by atoms with E-state index in [-0.39, 0.29) is 0 Å². The summed E-state index contributed by atoms with van der Waals surface area (Å²) >= 11 is 7.31. The molecule has 1 aromatic heterocycles. The van der Waals surface area contributed by atoms with Crippen LogP contribution in [0, 0.1) is 0 Å². The number of ether oxygens (including phenoxy) is 3. The van der Waals surface area contributed by atoms with Crippen LogP contribution >= 0.6 is 22.9 Å². The van der Waals surface area contributed by atoms with E-state index in [4.69, 9.17) is 25.8 Å². The van der Waals surface area contributed by atoms with Gasteiger partial charge in [-0.25, -0.2) is 4.98 Å². The van der Waals surface area contributed by atoms with E-state index in [1.165, 1.54) is 11.3 Å². The van der Waals surface area contributed by atoms with E-state index >= 15 is 0 Å². The molecule has 1 aromatic carbocycles. The molecule has 0 atom stereocenters. The van der Waals surface area contributed by atoms with Crippen molar-refractivity contribution in [3.63, 3.8) is 0 Å². The number of methoxy groups -OCH3 is 3. The lowest BCUT2D eigenvalue weighted by atomic mass is 10.1. The Labute approximate surface area is 120 Å². The molecule has 0 aliphatic heterocycles. The first-order chi connectivity index (χ1) is 9.23. The van der Waals surface area contributed by atoms with Gasteiger partial charge in [0.15, 0.2) is 11.5 Å². The Morgan fingerprint density at radius 1 is 1.05 bits per heavy atom. The Balaban J connectivity index is 2.54. The zero-order valence-corrected chi connectivity index (χ0v) is 12.5. The molecule has 0 bridgehead atoms. The smallest absolute Gasteiger partial charge is 0.164 e. The van der Waals surface area contributed by atoms with Crippen molar-refractivity contribution in [2.24, 2.45) is 0 Å². The first-order valence-corrected chi connectivity index (χ1v) is 6.89. The summed E-state index contributed by atoms with van der Waals surface area (Å²) in [6.07, 6.45) is 1.78. The second-order valence-electron chi connectivity index (χ2n) is 3.66. The molecule has 0 saturated heterocycles. The van der Waals surface area contributed by atoms with Gasteiger partial charge in [0.1, 0.15) is 10.8 Å². The SMILES string of the molecule is COc1cc(OC)c(-c2cnc(CCl)s2)cc1OC. The second-order valence-corrected chi connectivity index (χ2v) is 5.04. The van der Waals surface area contributed by atoms with Gasteiger partial charge in [0.05, 0.1) is 32.1 Å². The molecule has 0 unspecified atom stereocenters. The van der Waals surface area contributed by atoms with Crippen LogP contribution < -0.4 is 14.2 Å². The largest absolute Gasteiger partial charge is 0.496 e. The number of thiazole rings is 1. The summed E-state index contributed by atoms with van der Waals surface area (Å²) in [5, 5.41) is 0.869. The fraction of sp³-hybridized carbons (Fsp3) is 0.308. The highest BCUT2D eigenvalue weighted by molar-refractivity contribution is 7.15. The average Bonchev–Trinajstić information content (AvgIpc) is 2.94. The molecule has 102 valence electrons. The third-order valence-corrected chi connectivity index (χ3v) is 4.08. The van der Waals surface area contributed by atoms with E-state index in [2.05, 4.69) is 4.98 Å². The topological polar surface area (TPSA) is 40.6 Å². The summed E-state index contributed by atoms with van der Waals surface area (Å²) in [5.74, 6) is 2.40. The van der Waals surface area contributed by atoms with Gasteiger partial charge in [-0.05, 0) is 6.07 Å². The van der Waals surface area contributed by atoms with Crippen molar-refractivity contribution in [1.29, 1.82) is 0 Å². The summed E-state index contributed by atoms with van der Waals surface area (Å²) in [5.41, 5.74) is 0.911. The summed E-state index contributed by atoms with van der Waals surface area (Å²) in [6.45, 7) is 0. The molecule has 0 amide bonds. The minimum absolute atomic E-state index is 0.403. The zero-order valence-electron chi connectivity index (χ0n) is 10.9. The Kier molecular flexibility index (Phi) is 4.50. The first-order valence-electron chi connectivity index (χ1n) is 5.54. The maximum absolute atomic E-state index is 5.78. The predicted molar refractivity (Wildman–Crippen MR) is 76.8 cm³/mol. The van der Waals surface area contributed by atoms with Crippen molar-refractivity contribution in [2.75, 3.05) is 21.3 Å². The lowest BCUT2D eigenvalue weighted by Crippen LogP contribution is -1.94. The molecule has 19 heavy (non-hydrogen) atoms. The number of benzene rings is 1. The number of halogens is 1. The number of rotatable bonds is 5. The number of aromatic nitrogens is 1. The van der Waals surface area contributed by atoms with Gasteiger partial charge in [-0.2, -0.15) is 0 Å². The van der Waals surface area contributed by atoms with Gasteiger partial charge in [0.25, 0.3) is 0 Å². The molecule has 1 heterocycles. The van der Waals surface area contributed by atoms with Crippen molar-refractivity contribution in [3.8, 4) is 27.7 Å². The molecule has 0 saturated carbocycles. The quantitative estimate of drug-likeness (QED) is 0.791. The number of alkyl halides is 1. The van der Waals surface area contributed by atoms with Crippen molar-refractivity contribution >= 4 is 22.9 Å². The van der Waals surface area contributed by atoms with Gasteiger partial charge in [-0.3, -0.25) is 0 Å². The van der Waals surface area contributed by atoms with E-state index in [1.54, 1.807) is 33.6 Å². The maximum atomic E-state index is 5.78. The van der Waals surface area contributed by atoms with Gasteiger partial charge < -0.3 is 14.2 Å². The molecule has 0 aliphatic rings. The van der Waals surface area contributed by atoms with Gasteiger partial charge in [0.2, 0.25) is 0 Å². The highest BCUT2D eigenvalue weighted by atomic mass is 35.5. The molecule has 4 nitrogen and oxygen atoms in total. The Bertz CT molecular complexity index is 571. The van der Waals surface area contributed by atoms with E-state index < -0.39 is 0 Å². The summed E-state index contributed by atoms with van der Waals surface area (Å²) in [6, 6.07) is 3.68. The van der Waals surface area contributed by atoms with Gasteiger partial charge >= 0.3 is 0 Å².